The molecule has 0 atom stereocenters. The second kappa shape index (κ2) is 10.1. The summed E-state index contributed by atoms with van der Waals surface area (Å²) in [5.74, 6) is -1.32. The van der Waals surface area contributed by atoms with Crippen LogP contribution in [0, 0.1) is 0 Å². The van der Waals surface area contributed by atoms with Crippen LogP contribution in [0.1, 0.15) is 36.0 Å². The summed E-state index contributed by atoms with van der Waals surface area (Å²) in [5.41, 5.74) is 6.35. The minimum absolute atomic E-state index is 0.112. The van der Waals surface area contributed by atoms with Crippen LogP contribution in [0.4, 0.5) is 11.4 Å². The number of carbonyl (C=O) groups is 2. The number of ether oxygens (including phenoxy) is 1. The number of esters is 1. The van der Waals surface area contributed by atoms with Crippen molar-refractivity contribution in [3.8, 4) is 0 Å². The van der Waals surface area contributed by atoms with Gasteiger partial charge in [0, 0.05) is 18.8 Å². The summed E-state index contributed by atoms with van der Waals surface area (Å²) in [5, 5.41) is 2.86. The fourth-order valence-corrected chi connectivity index (χ4v) is 4.93. The summed E-state index contributed by atoms with van der Waals surface area (Å²) in [6.07, 6.45) is 3.70. The van der Waals surface area contributed by atoms with E-state index in [2.05, 4.69) is 5.32 Å². The third kappa shape index (κ3) is 5.96. The Labute approximate surface area is 186 Å². The van der Waals surface area contributed by atoms with Crippen molar-refractivity contribution < 1.29 is 22.7 Å². The molecule has 166 valence electrons. The topological polar surface area (TPSA) is 119 Å². The van der Waals surface area contributed by atoms with Crippen molar-refractivity contribution >= 4 is 44.9 Å². The van der Waals surface area contributed by atoms with E-state index in [1.807, 2.05) is 0 Å². The van der Waals surface area contributed by atoms with E-state index in [1.54, 1.807) is 12.1 Å². The van der Waals surface area contributed by atoms with Gasteiger partial charge < -0.3 is 15.8 Å². The fraction of sp³-hybridized carbons (Fsp3) is 0.333. The molecule has 2 aromatic rings. The van der Waals surface area contributed by atoms with Crippen LogP contribution < -0.4 is 11.1 Å². The van der Waals surface area contributed by atoms with Gasteiger partial charge in [-0.2, -0.15) is 4.31 Å². The van der Waals surface area contributed by atoms with E-state index < -0.39 is 28.5 Å². The van der Waals surface area contributed by atoms with Crippen LogP contribution in [0.3, 0.4) is 0 Å². The highest BCUT2D eigenvalue weighted by Crippen LogP contribution is 2.23. The lowest BCUT2D eigenvalue weighted by Gasteiger charge is -2.20. The lowest BCUT2D eigenvalue weighted by atomic mass is 10.2. The van der Waals surface area contributed by atoms with Crippen LogP contribution in [0.15, 0.2) is 47.4 Å². The van der Waals surface area contributed by atoms with Gasteiger partial charge in [-0.05, 0) is 49.2 Å². The van der Waals surface area contributed by atoms with Gasteiger partial charge in [0.25, 0.3) is 5.91 Å². The first-order valence-corrected chi connectivity index (χ1v) is 11.7. The molecule has 1 fully saturated rings. The van der Waals surface area contributed by atoms with E-state index in [0.29, 0.717) is 23.8 Å². The van der Waals surface area contributed by atoms with Crippen LogP contribution in [0.2, 0.25) is 5.02 Å². The third-order valence-corrected chi connectivity index (χ3v) is 7.13. The molecule has 3 N–H and O–H groups in total. The predicted molar refractivity (Wildman–Crippen MR) is 118 cm³/mol. The highest BCUT2D eigenvalue weighted by molar-refractivity contribution is 7.89. The summed E-state index contributed by atoms with van der Waals surface area (Å²) in [7, 11) is -3.64. The van der Waals surface area contributed by atoms with E-state index in [1.165, 1.54) is 34.6 Å². The van der Waals surface area contributed by atoms with Crippen molar-refractivity contribution in [3.63, 3.8) is 0 Å². The lowest BCUT2D eigenvalue weighted by molar-refractivity contribution is -0.119. The molecule has 3 rings (SSSR count). The molecule has 0 aromatic heterocycles. The first-order chi connectivity index (χ1) is 14.8. The van der Waals surface area contributed by atoms with Gasteiger partial charge in [-0.15, -0.1) is 0 Å². The van der Waals surface area contributed by atoms with Crippen molar-refractivity contribution in [2.24, 2.45) is 0 Å². The lowest BCUT2D eigenvalue weighted by Crippen LogP contribution is -2.32. The van der Waals surface area contributed by atoms with Crippen molar-refractivity contribution in [2.45, 2.75) is 30.6 Å². The number of sulfonamides is 1. The Morgan fingerprint density at radius 1 is 1.06 bits per heavy atom. The molecule has 1 heterocycles. The van der Waals surface area contributed by atoms with Crippen LogP contribution in [-0.2, 0) is 19.6 Å². The highest BCUT2D eigenvalue weighted by Gasteiger charge is 2.25. The van der Waals surface area contributed by atoms with E-state index in [0.717, 1.165) is 25.7 Å². The average Bonchev–Trinajstić information content (AvgIpc) is 3.04. The maximum atomic E-state index is 12.9. The molecule has 1 aliphatic rings. The fourth-order valence-electron chi connectivity index (χ4n) is 3.25. The van der Waals surface area contributed by atoms with Gasteiger partial charge in [-0.3, -0.25) is 4.79 Å². The first-order valence-electron chi connectivity index (χ1n) is 9.89. The molecule has 1 amide bonds. The van der Waals surface area contributed by atoms with Crippen LogP contribution in [-0.4, -0.2) is 44.3 Å². The van der Waals surface area contributed by atoms with Gasteiger partial charge in [0.15, 0.2) is 6.61 Å². The van der Waals surface area contributed by atoms with Crippen LogP contribution >= 0.6 is 11.6 Å². The SMILES string of the molecule is Nc1cc(C(=O)OCC(=O)Nc2cccc(S(=O)(=O)N3CCCCCC3)c2)ccc1Cl. The largest absolute Gasteiger partial charge is 0.452 e. The quantitative estimate of drug-likeness (QED) is 0.499. The standard InChI is InChI=1S/C21H24ClN3O5S/c22-18-9-8-15(12-19(18)23)21(27)30-14-20(26)24-16-6-5-7-17(13-16)31(28,29)25-10-3-1-2-4-11-25/h5-9,12-13H,1-4,10-11,14,23H2,(H,24,26). The number of rotatable bonds is 6. The number of hydrogen-bond donors (Lipinski definition) is 2. The van der Waals surface area contributed by atoms with Gasteiger partial charge >= 0.3 is 5.97 Å². The van der Waals surface area contributed by atoms with Crippen molar-refractivity contribution in [1.82, 2.24) is 4.31 Å². The summed E-state index contributed by atoms with van der Waals surface area (Å²) in [6, 6.07) is 10.3. The maximum absolute atomic E-state index is 12.9. The molecular weight excluding hydrogens is 442 g/mol. The smallest absolute Gasteiger partial charge is 0.338 e. The van der Waals surface area contributed by atoms with Crippen LogP contribution in [0.5, 0.6) is 0 Å². The Balaban J connectivity index is 1.61. The Kier molecular flexibility index (Phi) is 7.53. The van der Waals surface area contributed by atoms with Crippen LogP contribution in [0.25, 0.3) is 0 Å². The average molecular weight is 466 g/mol. The summed E-state index contributed by atoms with van der Waals surface area (Å²) in [4.78, 5) is 24.4. The number of amides is 1. The maximum Gasteiger partial charge on any atom is 0.338 e. The van der Waals surface area contributed by atoms with E-state index in [4.69, 9.17) is 22.1 Å². The molecule has 1 aliphatic heterocycles. The number of halogens is 1. The Hall–Kier alpha value is -2.62. The number of benzene rings is 2. The molecule has 0 radical (unpaired) electrons. The summed E-state index contributed by atoms with van der Waals surface area (Å²) in [6.45, 7) is 0.443. The molecule has 0 unspecified atom stereocenters. The number of nitrogens with zero attached hydrogens (tertiary/aromatic N) is 1. The van der Waals surface area contributed by atoms with E-state index in [9.17, 15) is 18.0 Å². The minimum Gasteiger partial charge on any atom is -0.452 e. The Morgan fingerprint density at radius 2 is 1.77 bits per heavy atom. The number of nitrogens with one attached hydrogen (secondary N) is 1. The van der Waals surface area contributed by atoms with Crippen molar-refractivity contribution in [1.29, 1.82) is 0 Å². The molecule has 31 heavy (non-hydrogen) atoms. The normalized spacial score (nSPS) is 15.1. The Bertz CT molecular complexity index is 1070. The predicted octanol–water partition coefficient (Wildman–Crippen LogP) is 3.28. The summed E-state index contributed by atoms with van der Waals surface area (Å²) < 4.78 is 32.3. The molecule has 0 saturated carbocycles. The molecule has 0 spiro atoms. The van der Waals surface area contributed by atoms with Gasteiger partial charge in [0.1, 0.15) is 0 Å². The molecule has 0 aliphatic carbocycles. The molecule has 8 nitrogen and oxygen atoms in total. The zero-order chi connectivity index (χ0) is 22.4. The Morgan fingerprint density at radius 3 is 2.45 bits per heavy atom. The second-order valence-corrected chi connectivity index (χ2v) is 9.55. The molecule has 1 saturated heterocycles. The molecule has 2 aromatic carbocycles. The zero-order valence-electron chi connectivity index (χ0n) is 16.8. The highest BCUT2D eigenvalue weighted by atomic mass is 35.5. The van der Waals surface area contributed by atoms with Gasteiger partial charge in [0.05, 0.1) is 21.2 Å². The number of anilines is 2. The van der Waals surface area contributed by atoms with Gasteiger partial charge in [-0.25, -0.2) is 13.2 Å². The van der Waals surface area contributed by atoms with E-state index in [-0.39, 0.29) is 16.1 Å². The third-order valence-electron chi connectivity index (χ3n) is 4.89. The van der Waals surface area contributed by atoms with Crippen molar-refractivity contribution in [3.05, 3.63) is 53.1 Å². The summed E-state index contributed by atoms with van der Waals surface area (Å²) >= 11 is 5.82. The molecule has 10 heteroatoms. The number of carbonyl (C=O) groups excluding carboxylic acids is 2. The number of hydrogen-bond acceptors (Lipinski definition) is 6. The van der Waals surface area contributed by atoms with Crippen molar-refractivity contribution in [2.75, 3.05) is 30.7 Å². The second-order valence-electron chi connectivity index (χ2n) is 7.21. The zero-order valence-corrected chi connectivity index (χ0v) is 18.4. The monoisotopic (exact) mass is 465 g/mol. The van der Waals surface area contributed by atoms with Gasteiger partial charge in [0.2, 0.25) is 10.0 Å². The molecular formula is C21H24ClN3O5S. The van der Waals surface area contributed by atoms with Gasteiger partial charge in [-0.1, -0.05) is 30.5 Å². The minimum atomic E-state index is -3.64. The number of nitrogen functional groups attached to an aromatic ring is 1. The first kappa shape index (κ1) is 23.1. The molecule has 0 bridgehead atoms. The number of nitrogens with two attached hydrogens (primary N) is 1. The van der Waals surface area contributed by atoms with E-state index >= 15 is 0 Å².